The van der Waals surface area contributed by atoms with Gasteiger partial charge in [-0.05, 0) is 30.3 Å². The largest absolute Gasteiger partial charge is 0.317 e. The summed E-state index contributed by atoms with van der Waals surface area (Å²) in [6.07, 6.45) is 3.72. The summed E-state index contributed by atoms with van der Waals surface area (Å²) in [6.45, 7) is 0. The van der Waals surface area contributed by atoms with Crippen LogP contribution in [0.2, 0.25) is 0 Å². The van der Waals surface area contributed by atoms with Gasteiger partial charge in [-0.25, -0.2) is 8.42 Å². The first-order valence-electron chi connectivity index (χ1n) is 6.71. The van der Waals surface area contributed by atoms with E-state index >= 15 is 0 Å². The Bertz CT molecular complexity index is 1000. The van der Waals surface area contributed by atoms with E-state index in [9.17, 15) is 18.5 Å². The molecule has 0 aliphatic heterocycles. The summed E-state index contributed by atoms with van der Waals surface area (Å²) >= 11 is 0. The van der Waals surface area contributed by atoms with Crippen LogP contribution in [-0.4, -0.2) is 17.9 Å². The van der Waals surface area contributed by atoms with Crippen molar-refractivity contribution in [3.63, 3.8) is 0 Å². The van der Waals surface area contributed by atoms with Crippen molar-refractivity contribution in [2.45, 2.75) is 9.79 Å². The molecule has 1 aromatic heterocycles. The zero-order valence-electron chi connectivity index (χ0n) is 11.9. The van der Waals surface area contributed by atoms with Crippen molar-refractivity contribution < 1.29 is 13.3 Å². The molecule has 3 rings (SSSR count). The van der Waals surface area contributed by atoms with E-state index in [1.54, 1.807) is 36.5 Å². The summed E-state index contributed by atoms with van der Waals surface area (Å²) in [4.78, 5) is 10.2. The van der Waals surface area contributed by atoms with E-state index in [0.717, 1.165) is 11.6 Å². The minimum atomic E-state index is -3.63. The highest BCUT2D eigenvalue weighted by molar-refractivity contribution is 7.91. The van der Waals surface area contributed by atoms with Crippen LogP contribution in [0.1, 0.15) is 0 Å². The van der Waals surface area contributed by atoms with E-state index < -0.39 is 14.8 Å². The van der Waals surface area contributed by atoms with Gasteiger partial charge >= 0.3 is 0 Å². The van der Waals surface area contributed by atoms with Gasteiger partial charge in [0.25, 0.3) is 6.20 Å². The third-order valence-electron chi connectivity index (χ3n) is 3.41. The maximum Gasteiger partial charge on any atom is 0.250 e. The Morgan fingerprint density at radius 2 is 1.74 bits per heavy atom. The minimum Gasteiger partial charge on any atom is -0.317 e. The molecule has 0 fully saturated rings. The van der Waals surface area contributed by atoms with E-state index in [0.29, 0.717) is 5.52 Å². The van der Waals surface area contributed by atoms with Crippen LogP contribution in [0, 0.1) is 10.1 Å². The molecule has 0 radical (unpaired) electrons. The highest BCUT2D eigenvalue weighted by Crippen LogP contribution is 2.25. The Kier molecular flexibility index (Phi) is 3.71. The van der Waals surface area contributed by atoms with Crippen molar-refractivity contribution in [1.82, 2.24) is 4.57 Å². The zero-order chi connectivity index (χ0) is 16.4. The second kappa shape index (κ2) is 5.69. The fourth-order valence-electron chi connectivity index (χ4n) is 2.29. The molecular weight excluding hydrogens is 316 g/mol. The van der Waals surface area contributed by atoms with Crippen LogP contribution in [0.15, 0.2) is 76.8 Å². The molecule has 116 valence electrons. The fraction of sp³-hybridized carbons (Fsp3) is 0. The number of aromatic nitrogens is 1. The predicted octanol–water partition coefficient (Wildman–Crippen LogP) is 3.18. The Hall–Kier alpha value is -2.93. The zero-order valence-corrected chi connectivity index (χ0v) is 12.7. The number of nitro groups is 1. The first-order chi connectivity index (χ1) is 11.0. The molecule has 0 saturated carbocycles. The molecule has 0 bridgehead atoms. The van der Waals surface area contributed by atoms with Crippen molar-refractivity contribution in [2.24, 2.45) is 0 Å². The van der Waals surface area contributed by atoms with Crippen LogP contribution in [0.3, 0.4) is 0 Å². The van der Waals surface area contributed by atoms with Crippen LogP contribution in [0.5, 0.6) is 0 Å². The molecule has 0 spiro atoms. The average Bonchev–Trinajstić information content (AvgIpc) is 2.96. The molecule has 1 heterocycles. The molecule has 7 heteroatoms. The Morgan fingerprint density at radius 1 is 1.00 bits per heavy atom. The van der Waals surface area contributed by atoms with Crippen LogP contribution < -0.4 is 0 Å². The topological polar surface area (TPSA) is 82.2 Å². The minimum absolute atomic E-state index is 0.144. The first kappa shape index (κ1) is 15.0. The number of hydrogen-bond acceptors (Lipinski definition) is 4. The molecule has 23 heavy (non-hydrogen) atoms. The first-order valence-corrected chi connectivity index (χ1v) is 8.19. The number of hydrogen-bond donors (Lipinski definition) is 0. The van der Waals surface area contributed by atoms with Gasteiger partial charge in [0, 0.05) is 11.6 Å². The molecule has 0 aliphatic rings. The van der Waals surface area contributed by atoms with Crippen molar-refractivity contribution in [1.29, 1.82) is 0 Å². The number of rotatable bonds is 4. The number of nitrogens with zero attached hydrogens (tertiary/aromatic N) is 2. The lowest BCUT2D eigenvalue weighted by molar-refractivity contribution is -0.401. The Balaban J connectivity index is 2.13. The number of fused-ring (bicyclic) bond motifs is 1. The van der Waals surface area contributed by atoms with Crippen molar-refractivity contribution in [3.05, 3.63) is 77.1 Å². The van der Waals surface area contributed by atoms with Crippen LogP contribution in [0.4, 0.5) is 0 Å². The highest BCUT2D eigenvalue weighted by atomic mass is 32.2. The molecule has 0 aliphatic carbocycles. The molecular formula is C16H12N2O4S. The van der Waals surface area contributed by atoms with Gasteiger partial charge in [-0.2, -0.15) is 0 Å². The normalized spacial score (nSPS) is 12.0. The van der Waals surface area contributed by atoms with Crippen molar-refractivity contribution in [3.8, 4) is 0 Å². The van der Waals surface area contributed by atoms with Gasteiger partial charge in [-0.15, -0.1) is 0 Å². The highest BCUT2D eigenvalue weighted by Gasteiger charge is 2.18. The maximum absolute atomic E-state index is 12.6. The van der Waals surface area contributed by atoms with E-state index in [1.807, 2.05) is 0 Å². The molecule has 0 atom stereocenters. The molecule has 0 saturated heterocycles. The lowest BCUT2D eigenvalue weighted by Crippen LogP contribution is -2.01. The van der Waals surface area contributed by atoms with E-state index in [-0.39, 0.29) is 9.79 Å². The second-order valence-electron chi connectivity index (χ2n) is 4.84. The van der Waals surface area contributed by atoms with Crippen LogP contribution >= 0.6 is 0 Å². The van der Waals surface area contributed by atoms with Gasteiger partial charge in [0.2, 0.25) is 9.84 Å². The fourth-order valence-corrected chi connectivity index (χ4v) is 3.59. The van der Waals surface area contributed by atoms with Gasteiger partial charge in [-0.3, -0.25) is 10.1 Å². The standard InChI is InChI=1S/C16H12N2O4S/c19-18(20)11-10-17-9-8-13-6-7-15(12-16(13)17)23(21,22)14-4-2-1-3-5-14/h1-12H. The molecule has 6 nitrogen and oxygen atoms in total. The monoisotopic (exact) mass is 328 g/mol. The average molecular weight is 328 g/mol. The van der Waals surface area contributed by atoms with Gasteiger partial charge in [0.15, 0.2) is 0 Å². The van der Waals surface area contributed by atoms with Gasteiger partial charge in [0.05, 0.1) is 26.4 Å². The molecule has 3 aromatic rings. The molecule has 0 N–H and O–H groups in total. The summed E-state index contributed by atoms with van der Waals surface area (Å²) < 4.78 is 26.8. The van der Waals surface area contributed by atoms with Crippen molar-refractivity contribution in [2.75, 3.05) is 0 Å². The van der Waals surface area contributed by atoms with Gasteiger partial charge < -0.3 is 4.57 Å². The number of sulfone groups is 1. The summed E-state index contributed by atoms with van der Waals surface area (Å²) in [7, 11) is -3.63. The smallest absolute Gasteiger partial charge is 0.250 e. The van der Waals surface area contributed by atoms with E-state index in [1.165, 1.54) is 35.0 Å². The van der Waals surface area contributed by atoms with Gasteiger partial charge in [0.1, 0.15) is 0 Å². The van der Waals surface area contributed by atoms with Crippen LogP contribution in [-0.2, 0) is 9.84 Å². The molecule has 0 amide bonds. The maximum atomic E-state index is 12.6. The Morgan fingerprint density at radius 3 is 2.43 bits per heavy atom. The van der Waals surface area contributed by atoms with Gasteiger partial charge in [-0.1, -0.05) is 24.3 Å². The molecule has 0 unspecified atom stereocenters. The Labute approximate surface area is 132 Å². The quantitative estimate of drug-likeness (QED) is 0.544. The van der Waals surface area contributed by atoms with E-state index in [4.69, 9.17) is 0 Å². The number of benzene rings is 2. The lowest BCUT2D eigenvalue weighted by atomic mass is 10.2. The third-order valence-corrected chi connectivity index (χ3v) is 5.17. The lowest BCUT2D eigenvalue weighted by Gasteiger charge is -2.05. The van der Waals surface area contributed by atoms with E-state index in [2.05, 4.69) is 0 Å². The summed E-state index contributed by atoms with van der Waals surface area (Å²) in [6, 6.07) is 14.6. The SMILES string of the molecule is O=[N+]([O-])C=Cn1ccc2ccc(S(=O)(=O)c3ccccc3)cc21. The van der Waals surface area contributed by atoms with Crippen molar-refractivity contribution >= 4 is 26.9 Å². The summed E-state index contributed by atoms with van der Waals surface area (Å²) in [5.74, 6) is 0. The predicted molar refractivity (Wildman–Crippen MR) is 86.2 cm³/mol. The van der Waals surface area contributed by atoms with Crippen LogP contribution in [0.25, 0.3) is 17.1 Å². The molecule has 2 aromatic carbocycles. The summed E-state index contributed by atoms with van der Waals surface area (Å²) in [5, 5.41) is 11.2. The summed E-state index contributed by atoms with van der Waals surface area (Å²) in [5.41, 5.74) is 0.583. The third kappa shape index (κ3) is 2.86. The second-order valence-corrected chi connectivity index (χ2v) is 6.79.